The number of aryl methyl sites for hydroxylation is 1. The highest BCUT2D eigenvalue weighted by Crippen LogP contribution is 2.36. The Morgan fingerprint density at radius 2 is 1.69 bits per heavy atom. The fourth-order valence-corrected chi connectivity index (χ4v) is 3.84. The van der Waals surface area contributed by atoms with E-state index in [0.717, 1.165) is 5.56 Å². The van der Waals surface area contributed by atoms with Gasteiger partial charge in [0.2, 0.25) is 0 Å². The Balaban J connectivity index is 2.06. The first kappa shape index (κ1) is 21.7. The predicted octanol–water partition coefficient (Wildman–Crippen LogP) is 5.18. The number of methoxy groups -OCH3 is 1. The molecular formula is C21H19Cl3N2O3. The SMILES string of the molecule is COCCCN1C(=O)C(Nc2ccc(Cl)cc2C)=C(c2ccc(Cl)cc2Cl)C1=O. The molecule has 3 rings (SSSR count). The molecule has 8 heteroatoms. The van der Waals surface area contributed by atoms with Crippen molar-refractivity contribution in [1.29, 1.82) is 0 Å². The second-order valence-electron chi connectivity index (χ2n) is 6.57. The molecule has 1 aliphatic heterocycles. The summed E-state index contributed by atoms with van der Waals surface area (Å²) in [6.07, 6.45) is 0.531. The second kappa shape index (κ2) is 9.18. The average Bonchev–Trinajstić information content (AvgIpc) is 2.88. The van der Waals surface area contributed by atoms with Crippen LogP contribution in [0.25, 0.3) is 5.57 Å². The first-order chi connectivity index (χ1) is 13.8. The minimum atomic E-state index is -0.415. The van der Waals surface area contributed by atoms with Crippen molar-refractivity contribution in [2.75, 3.05) is 25.6 Å². The summed E-state index contributed by atoms with van der Waals surface area (Å²) in [7, 11) is 1.57. The zero-order chi connectivity index (χ0) is 21.1. The van der Waals surface area contributed by atoms with E-state index in [2.05, 4.69) is 5.32 Å². The minimum Gasteiger partial charge on any atom is -0.385 e. The molecule has 0 unspecified atom stereocenters. The van der Waals surface area contributed by atoms with Gasteiger partial charge < -0.3 is 10.1 Å². The molecular weight excluding hydrogens is 435 g/mol. The number of nitrogens with one attached hydrogen (secondary N) is 1. The first-order valence-corrected chi connectivity index (χ1v) is 10.0. The standard InChI is InChI=1S/C21H19Cl3N2O3/c1-12-10-13(22)5-7-17(12)25-19-18(15-6-4-14(23)11-16(15)24)20(27)26(21(19)28)8-3-9-29-2/h4-7,10-11,25H,3,8-9H2,1-2H3. The number of carbonyl (C=O) groups excluding carboxylic acids is 2. The maximum Gasteiger partial charge on any atom is 0.278 e. The van der Waals surface area contributed by atoms with Gasteiger partial charge >= 0.3 is 0 Å². The van der Waals surface area contributed by atoms with Gasteiger partial charge in [-0.25, -0.2) is 0 Å². The lowest BCUT2D eigenvalue weighted by Crippen LogP contribution is -2.34. The number of halogens is 3. The molecule has 0 saturated carbocycles. The number of anilines is 1. The monoisotopic (exact) mass is 452 g/mol. The van der Waals surface area contributed by atoms with Crippen molar-refractivity contribution in [3.05, 3.63) is 68.3 Å². The van der Waals surface area contributed by atoms with Crippen LogP contribution >= 0.6 is 34.8 Å². The molecule has 152 valence electrons. The number of benzene rings is 2. The lowest BCUT2D eigenvalue weighted by atomic mass is 10.0. The predicted molar refractivity (Wildman–Crippen MR) is 116 cm³/mol. The van der Waals surface area contributed by atoms with Crippen LogP contribution in [-0.4, -0.2) is 37.0 Å². The van der Waals surface area contributed by atoms with Crippen LogP contribution in [-0.2, 0) is 14.3 Å². The summed E-state index contributed by atoms with van der Waals surface area (Å²) in [6.45, 7) is 2.54. The number of rotatable bonds is 7. The highest BCUT2D eigenvalue weighted by molar-refractivity contribution is 6.41. The molecule has 2 amide bonds. The average molecular weight is 454 g/mol. The third-order valence-corrected chi connectivity index (χ3v) is 5.33. The lowest BCUT2D eigenvalue weighted by molar-refractivity contribution is -0.136. The first-order valence-electron chi connectivity index (χ1n) is 8.91. The van der Waals surface area contributed by atoms with Crippen molar-refractivity contribution in [2.24, 2.45) is 0 Å². The van der Waals surface area contributed by atoms with E-state index in [1.54, 1.807) is 43.5 Å². The molecule has 2 aromatic carbocycles. The van der Waals surface area contributed by atoms with E-state index in [0.29, 0.717) is 39.3 Å². The van der Waals surface area contributed by atoms with Gasteiger partial charge in [-0.2, -0.15) is 0 Å². The Hall–Kier alpha value is -2.05. The quantitative estimate of drug-likeness (QED) is 0.463. The maximum atomic E-state index is 13.1. The number of hydrogen-bond acceptors (Lipinski definition) is 4. The summed E-state index contributed by atoms with van der Waals surface area (Å²) in [5.74, 6) is -0.828. The molecule has 1 N–H and O–H groups in total. The molecule has 29 heavy (non-hydrogen) atoms. The number of carbonyl (C=O) groups is 2. The Labute approximate surface area is 184 Å². The van der Waals surface area contributed by atoms with E-state index < -0.39 is 11.8 Å². The van der Waals surface area contributed by atoms with Crippen LogP contribution in [0.3, 0.4) is 0 Å². The summed E-state index contributed by atoms with van der Waals surface area (Å²) >= 11 is 18.4. The molecule has 0 fully saturated rings. The molecule has 2 aromatic rings. The van der Waals surface area contributed by atoms with Crippen LogP contribution in [0, 0.1) is 6.92 Å². The van der Waals surface area contributed by atoms with Crippen molar-refractivity contribution in [2.45, 2.75) is 13.3 Å². The molecule has 0 bridgehead atoms. The van der Waals surface area contributed by atoms with Crippen molar-refractivity contribution < 1.29 is 14.3 Å². The topological polar surface area (TPSA) is 58.6 Å². The van der Waals surface area contributed by atoms with Crippen LogP contribution in [0.5, 0.6) is 0 Å². The molecule has 1 aliphatic rings. The zero-order valence-corrected chi connectivity index (χ0v) is 18.2. The number of nitrogens with zero attached hydrogens (tertiary/aromatic N) is 1. The van der Waals surface area contributed by atoms with Crippen LogP contribution in [0.4, 0.5) is 5.69 Å². The summed E-state index contributed by atoms with van der Waals surface area (Å²) in [5, 5.41) is 4.43. The molecule has 0 spiro atoms. The van der Waals surface area contributed by atoms with E-state index in [4.69, 9.17) is 39.5 Å². The normalized spacial score (nSPS) is 14.2. The van der Waals surface area contributed by atoms with Crippen molar-refractivity contribution in [1.82, 2.24) is 4.90 Å². The number of amides is 2. The number of hydrogen-bond donors (Lipinski definition) is 1. The molecule has 1 heterocycles. The van der Waals surface area contributed by atoms with Gasteiger partial charge in [0.25, 0.3) is 11.8 Å². The highest BCUT2D eigenvalue weighted by Gasteiger charge is 2.39. The van der Waals surface area contributed by atoms with Crippen LogP contribution < -0.4 is 5.32 Å². The van der Waals surface area contributed by atoms with E-state index in [-0.39, 0.29) is 17.8 Å². The van der Waals surface area contributed by atoms with Crippen molar-refractivity contribution in [3.8, 4) is 0 Å². The van der Waals surface area contributed by atoms with Crippen LogP contribution in [0.2, 0.25) is 15.1 Å². The van der Waals surface area contributed by atoms with Crippen LogP contribution in [0.1, 0.15) is 17.5 Å². The summed E-state index contributed by atoms with van der Waals surface area (Å²) in [6, 6.07) is 10.1. The van der Waals surface area contributed by atoms with Gasteiger partial charge in [-0.1, -0.05) is 40.9 Å². The van der Waals surface area contributed by atoms with E-state index in [9.17, 15) is 9.59 Å². The fourth-order valence-electron chi connectivity index (χ4n) is 3.11. The zero-order valence-electron chi connectivity index (χ0n) is 15.9. The summed E-state index contributed by atoms with van der Waals surface area (Å²) in [5.41, 5.74) is 2.33. The van der Waals surface area contributed by atoms with Crippen molar-refractivity contribution >= 4 is 57.9 Å². The van der Waals surface area contributed by atoms with Gasteiger partial charge in [0.1, 0.15) is 5.70 Å². The Kier molecular flexibility index (Phi) is 6.85. The molecule has 5 nitrogen and oxygen atoms in total. The Bertz CT molecular complexity index is 1000. The van der Waals surface area contributed by atoms with Gasteiger partial charge in [-0.05, 0) is 49.2 Å². The van der Waals surface area contributed by atoms with Crippen molar-refractivity contribution in [3.63, 3.8) is 0 Å². The van der Waals surface area contributed by atoms with E-state index in [1.807, 2.05) is 6.92 Å². The summed E-state index contributed by atoms with van der Waals surface area (Å²) < 4.78 is 5.04. The van der Waals surface area contributed by atoms with Crippen LogP contribution in [0.15, 0.2) is 42.1 Å². The fraction of sp³-hybridized carbons (Fsp3) is 0.238. The lowest BCUT2D eigenvalue weighted by Gasteiger charge is -2.15. The molecule has 0 aromatic heterocycles. The highest BCUT2D eigenvalue weighted by atomic mass is 35.5. The largest absolute Gasteiger partial charge is 0.385 e. The third kappa shape index (κ3) is 4.59. The Morgan fingerprint density at radius 1 is 1.00 bits per heavy atom. The van der Waals surface area contributed by atoms with Gasteiger partial charge in [0, 0.05) is 41.6 Å². The second-order valence-corrected chi connectivity index (χ2v) is 7.85. The molecule has 0 saturated heterocycles. The van der Waals surface area contributed by atoms with Gasteiger partial charge in [-0.3, -0.25) is 14.5 Å². The van der Waals surface area contributed by atoms with Gasteiger partial charge in [0.05, 0.1) is 10.6 Å². The van der Waals surface area contributed by atoms with Gasteiger partial charge in [0.15, 0.2) is 0 Å². The third-order valence-electron chi connectivity index (χ3n) is 4.55. The smallest absolute Gasteiger partial charge is 0.278 e. The molecule has 0 radical (unpaired) electrons. The van der Waals surface area contributed by atoms with Gasteiger partial charge in [-0.15, -0.1) is 0 Å². The van der Waals surface area contributed by atoms with E-state index >= 15 is 0 Å². The number of imide groups is 1. The number of ether oxygens (including phenoxy) is 1. The van der Waals surface area contributed by atoms with E-state index in [1.165, 1.54) is 4.90 Å². The molecule has 0 aliphatic carbocycles. The summed E-state index contributed by atoms with van der Waals surface area (Å²) in [4.78, 5) is 27.4. The maximum absolute atomic E-state index is 13.1. The molecule has 0 atom stereocenters. The minimum absolute atomic E-state index is 0.169. The Morgan fingerprint density at radius 3 is 2.34 bits per heavy atom.